The van der Waals surface area contributed by atoms with Crippen LogP contribution >= 0.6 is 0 Å². The van der Waals surface area contributed by atoms with Crippen molar-refractivity contribution in [3.8, 4) is 0 Å². The van der Waals surface area contributed by atoms with Crippen LogP contribution in [0.15, 0.2) is 0 Å². The molecule has 1 unspecified atom stereocenters. The molecule has 0 saturated carbocycles. The molecule has 0 aliphatic heterocycles. The standard InChI is InChI=1S/C8H14O3.2C4H9.Sn/c1-4-7(6(3)9)8(10)11-5-2;2*1-3-4-2;/h7H,4-5H2,1-3H3;2*1,3-4H2,2H3;. The van der Waals surface area contributed by atoms with Crippen LogP contribution in [0.3, 0.4) is 0 Å². The summed E-state index contributed by atoms with van der Waals surface area (Å²) in [5, 5.41) is 0. The molecule has 20 heavy (non-hydrogen) atoms. The first-order valence-electron chi connectivity index (χ1n) is 7.92. The van der Waals surface area contributed by atoms with Gasteiger partial charge >= 0.3 is 75.5 Å². The molecule has 0 aliphatic carbocycles. The van der Waals surface area contributed by atoms with Gasteiger partial charge in [-0.25, -0.2) is 0 Å². The Morgan fingerprint density at radius 1 is 1.00 bits per heavy atom. The van der Waals surface area contributed by atoms with Crippen molar-refractivity contribution < 1.29 is 14.3 Å². The van der Waals surface area contributed by atoms with Gasteiger partial charge in [0.25, 0.3) is 0 Å². The SMILES string of the molecule is CCC[CH2][Sn][CH2]CCC.CCOC(=O)C(CC)C(C)=O. The van der Waals surface area contributed by atoms with Gasteiger partial charge < -0.3 is 4.74 Å². The van der Waals surface area contributed by atoms with Crippen molar-refractivity contribution in [2.45, 2.75) is 75.6 Å². The van der Waals surface area contributed by atoms with Gasteiger partial charge in [-0.15, -0.1) is 0 Å². The van der Waals surface area contributed by atoms with Crippen LogP contribution in [-0.2, 0) is 14.3 Å². The van der Waals surface area contributed by atoms with Gasteiger partial charge in [0.15, 0.2) is 0 Å². The minimum Gasteiger partial charge on any atom is -0.465 e. The molecular formula is C16H32O3Sn. The molecule has 0 N–H and O–H groups in total. The van der Waals surface area contributed by atoms with Crippen molar-refractivity contribution in [2.75, 3.05) is 6.61 Å². The van der Waals surface area contributed by atoms with Gasteiger partial charge in [-0.05, 0) is 20.3 Å². The Bertz CT molecular complexity index is 236. The molecule has 0 aromatic rings. The molecule has 0 aromatic carbocycles. The molecular weight excluding hydrogens is 359 g/mol. The topological polar surface area (TPSA) is 43.4 Å². The van der Waals surface area contributed by atoms with Crippen LogP contribution in [0.4, 0.5) is 0 Å². The van der Waals surface area contributed by atoms with Crippen molar-refractivity contribution in [3.63, 3.8) is 0 Å². The average molecular weight is 391 g/mol. The summed E-state index contributed by atoms with van der Waals surface area (Å²) >= 11 is 0.149. The van der Waals surface area contributed by atoms with Gasteiger partial charge in [0.1, 0.15) is 11.7 Å². The minimum atomic E-state index is -0.560. The normalized spacial score (nSPS) is 11.2. The largest absolute Gasteiger partial charge is 0.465 e. The fourth-order valence-corrected chi connectivity index (χ4v) is 5.75. The molecule has 0 bridgehead atoms. The molecule has 0 saturated heterocycles. The number of ether oxygens (including phenoxy) is 1. The summed E-state index contributed by atoms with van der Waals surface area (Å²) in [5.41, 5.74) is 0. The van der Waals surface area contributed by atoms with E-state index in [4.69, 9.17) is 4.74 Å². The van der Waals surface area contributed by atoms with E-state index in [1.165, 1.54) is 32.6 Å². The van der Waals surface area contributed by atoms with E-state index in [1.807, 2.05) is 0 Å². The van der Waals surface area contributed by atoms with Crippen LogP contribution in [0, 0.1) is 5.92 Å². The summed E-state index contributed by atoms with van der Waals surface area (Å²) in [4.78, 5) is 21.8. The fourth-order valence-electron chi connectivity index (χ4n) is 1.59. The number of hydrogen-bond acceptors (Lipinski definition) is 3. The quantitative estimate of drug-likeness (QED) is 0.242. The van der Waals surface area contributed by atoms with E-state index in [9.17, 15) is 9.59 Å². The average Bonchev–Trinajstić information content (AvgIpc) is 2.40. The molecule has 0 spiro atoms. The van der Waals surface area contributed by atoms with Gasteiger partial charge in [-0.2, -0.15) is 0 Å². The Morgan fingerprint density at radius 2 is 1.50 bits per heavy atom. The maximum Gasteiger partial charge on any atom is 0.316 e. The second-order valence-electron chi connectivity index (χ2n) is 4.78. The van der Waals surface area contributed by atoms with Crippen molar-refractivity contribution >= 4 is 32.9 Å². The van der Waals surface area contributed by atoms with Gasteiger partial charge in [0, 0.05) is 0 Å². The van der Waals surface area contributed by atoms with Crippen molar-refractivity contribution in [1.82, 2.24) is 0 Å². The van der Waals surface area contributed by atoms with Crippen LogP contribution in [0.2, 0.25) is 8.87 Å². The van der Waals surface area contributed by atoms with E-state index < -0.39 is 11.9 Å². The molecule has 0 rings (SSSR count). The number of ketones is 1. The fraction of sp³-hybridized carbons (Fsp3) is 0.875. The summed E-state index contributed by atoms with van der Waals surface area (Å²) in [7, 11) is 0. The van der Waals surface area contributed by atoms with E-state index in [0.717, 1.165) is 0 Å². The zero-order valence-electron chi connectivity index (χ0n) is 14.0. The van der Waals surface area contributed by atoms with E-state index >= 15 is 0 Å². The summed E-state index contributed by atoms with van der Waals surface area (Å²) < 4.78 is 7.95. The van der Waals surface area contributed by atoms with Gasteiger partial charge in [0.05, 0.1) is 6.61 Å². The molecule has 0 aromatic heterocycles. The summed E-state index contributed by atoms with van der Waals surface area (Å²) in [6.45, 7) is 9.85. The first-order chi connectivity index (χ1) is 9.54. The Hall–Kier alpha value is -0.0613. The number of Topliss-reactive ketones (excluding diaryl/α,β-unsaturated/α-hetero) is 1. The third-order valence-corrected chi connectivity index (χ3v) is 6.92. The number of carbonyl (C=O) groups excluding carboxylic acids is 2. The Balaban J connectivity index is 0. The van der Waals surface area contributed by atoms with Gasteiger partial charge in [-0.1, -0.05) is 6.92 Å². The zero-order chi connectivity index (χ0) is 15.8. The molecule has 0 amide bonds. The van der Waals surface area contributed by atoms with Crippen LogP contribution in [-0.4, -0.2) is 39.5 Å². The number of esters is 1. The zero-order valence-corrected chi connectivity index (χ0v) is 16.8. The molecule has 0 fully saturated rings. The van der Waals surface area contributed by atoms with Gasteiger partial charge in [0.2, 0.25) is 0 Å². The summed E-state index contributed by atoms with van der Waals surface area (Å²) in [5.74, 6) is -1.08. The maximum atomic E-state index is 11.0. The molecule has 1 atom stereocenters. The predicted molar refractivity (Wildman–Crippen MR) is 86.3 cm³/mol. The molecule has 118 valence electrons. The minimum absolute atomic E-state index is 0.119. The molecule has 2 radical (unpaired) electrons. The van der Waals surface area contributed by atoms with Crippen LogP contribution < -0.4 is 0 Å². The monoisotopic (exact) mass is 392 g/mol. The van der Waals surface area contributed by atoms with Crippen molar-refractivity contribution in [1.29, 1.82) is 0 Å². The smallest absolute Gasteiger partial charge is 0.316 e. The van der Waals surface area contributed by atoms with E-state index in [2.05, 4.69) is 13.8 Å². The molecule has 0 aliphatic rings. The van der Waals surface area contributed by atoms with E-state index in [-0.39, 0.29) is 26.9 Å². The summed E-state index contributed by atoms with van der Waals surface area (Å²) in [6, 6.07) is 0. The van der Waals surface area contributed by atoms with E-state index in [0.29, 0.717) is 13.0 Å². The van der Waals surface area contributed by atoms with Crippen LogP contribution in [0.25, 0.3) is 0 Å². The number of hydrogen-bond donors (Lipinski definition) is 0. The summed E-state index contributed by atoms with van der Waals surface area (Å²) in [6.07, 6.45) is 6.36. The van der Waals surface area contributed by atoms with Crippen molar-refractivity contribution in [2.24, 2.45) is 5.92 Å². The molecule has 0 heterocycles. The molecule has 4 heteroatoms. The van der Waals surface area contributed by atoms with Crippen LogP contribution in [0.1, 0.15) is 66.7 Å². The number of carbonyl (C=O) groups is 2. The Kier molecular flexibility index (Phi) is 18.9. The second kappa shape index (κ2) is 17.0. The predicted octanol–water partition coefficient (Wildman–Crippen LogP) is 4.29. The number of rotatable bonds is 10. The third kappa shape index (κ3) is 14.3. The Labute approximate surface area is 135 Å². The first-order valence-corrected chi connectivity index (χ1v) is 12.0. The Morgan fingerprint density at radius 3 is 1.80 bits per heavy atom. The van der Waals surface area contributed by atoms with Gasteiger partial charge in [-0.3, -0.25) is 9.59 Å². The third-order valence-electron chi connectivity index (χ3n) is 2.88. The molecule has 3 nitrogen and oxygen atoms in total. The number of unbranched alkanes of at least 4 members (excludes halogenated alkanes) is 2. The first kappa shape index (κ1) is 22.2. The van der Waals surface area contributed by atoms with E-state index in [1.54, 1.807) is 22.7 Å². The van der Waals surface area contributed by atoms with Crippen molar-refractivity contribution in [3.05, 3.63) is 0 Å². The van der Waals surface area contributed by atoms with Crippen LogP contribution in [0.5, 0.6) is 0 Å². The maximum absolute atomic E-state index is 11.0. The second-order valence-corrected chi connectivity index (χ2v) is 9.06.